The Hall–Kier alpha value is -2.15. The number of hydrogen-bond acceptors (Lipinski definition) is 5. The lowest BCUT2D eigenvalue weighted by atomic mass is 9.96. The first-order chi connectivity index (χ1) is 11.6. The van der Waals surface area contributed by atoms with Crippen molar-refractivity contribution < 1.29 is 22.7 Å². The number of amides is 1. The molecule has 0 spiro atoms. The molecule has 0 fully saturated rings. The molecular formula is C18H21NO5S. The zero-order valence-electron chi connectivity index (χ0n) is 14.5. The predicted molar refractivity (Wildman–Crippen MR) is 91.3 cm³/mol. The second kappa shape index (κ2) is 5.98. The third-order valence-electron chi connectivity index (χ3n) is 4.78. The van der Waals surface area contributed by atoms with E-state index < -0.39 is 33.4 Å². The van der Waals surface area contributed by atoms with E-state index in [1.807, 2.05) is 6.08 Å². The van der Waals surface area contributed by atoms with Gasteiger partial charge < -0.3 is 4.74 Å². The Kier molecular flexibility index (Phi) is 4.23. The number of allylic oxidation sites excluding steroid dienone is 1. The maximum absolute atomic E-state index is 12.5. The third-order valence-corrected chi connectivity index (χ3v) is 6.12. The molecule has 0 aromatic heterocycles. The highest BCUT2D eigenvalue weighted by Gasteiger charge is 2.38. The first-order valence-electron chi connectivity index (χ1n) is 8.25. The fourth-order valence-electron chi connectivity index (χ4n) is 3.26. The Balaban J connectivity index is 1.85. The lowest BCUT2D eigenvalue weighted by Gasteiger charge is -2.17. The van der Waals surface area contributed by atoms with Gasteiger partial charge >= 0.3 is 5.97 Å². The number of sulfonamides is 1. The molecule has 1 aromatic rings. The van der Waals surface area contributed by atoms with Crippen LogP contribution < -0.4 is 4.72 Å². The molecule has 1 aliphatic heterocycles. The topological polar surface area (TPSA) is 89.5 Å². The maximum atomic E-state index is 12.5. The molecular weight excluding hydrogens is 342 g/mol. The molecule has 3 rings (SSSR count). The van der Waals surface area contributed by atoms with Crippen LogP contribution in [0.5, 0.6) is 0 Å². The van der Waals surface area contributed by atoms with E-state index >= 15 is 0 Å². The number of esters is 1. The van der Waals surface area contributed by atoms with Crippen molar-refractivity contribution in [2.75, 3.05) is 0 Å². The molecule has 1 aromatic carbocycles. The molecule has 7 heteroatoms. The zero-order chi connectivity index (χ0) is 18.4. The van der Waals surface area contributed by atoms with Crippen LogP contribution in [0.3, 0.4) is 0 Å². The quantitative estimate of drug-likeness (QED) is 0.656. The molecule has 0 saturated carbocycles. The van der Waals surface area contributed by atoms with Crippen LogP contribution in [-0.4, -0.2) is 20.3 Å². The number of carbonyl (C=O) groups excluding carboxylic acids is 2. The van der Waals surface area contributed by atoms with Crippen LogP contribution in [0.1, 0.15) is 56.0 Å². The standard InChI is InChI=1S/C18H21NO5S/c1-11(12-6-4-5-7-12)16(20)19-25(22,23)13-8-9-15-14(10-13)17(21)24-18(15,2)3/h6,8-11H,4-5,7H2,1-3H3,(H,19,20). The van der Waals surface area contributed by atoms with E-state index in [0.29, 0.717) is 5.56 Å². The van der Waals surface area contributed by atoms with Crippen LogP contribution in [-0.2, 0) is 25.2 Å². The van der Waals surface area contributed by atoms with Crippen molar-refractivity contribution in [1.82, 2.24) is 4.72 Å². The highest BCUT2D eigenvalue weighted by Crippen LogP contribution is 2.36. The molecule has 1 N–H and O–H groups in total. The fourth-order valence-corrected chi connectivity index (χ4v) is 4.34. The Morgan fingerprint density at radius 1 is 1.32 bits per heavy atom. The Morgan fingerprint density at radius 3 is 2.68 bits per heavy atom. The lowest BCUT2D eigenvalue weighted by Crippen LogP contribution is -2.35. The van der Waals surface area contributed by atoms with E-state index in [1.165, 1.54) is 12.1 Å². The van der Waals surface area contributed by atoms with Crippen LogP contribution in [0.2, 0.25) is 0 Å². The number of nitrogens with one attached hydrogen (secondary N) is 1. The van der Waals surface area contributed by atoms with Gasteiger partial charge in [-0.25, -0.2) is 17.9 Å². The molecule has 25 heavy (non-hydrogen) atoms. The maximum Gasteiger partial charge on any atom is 0.339 e. The van der Waals surface area contributed by atoms with E-state index in [4.69, 9.17) is 4.74 Å². The van der Waals surface area contributed by atoms with E-state index in [0.717, 1.165) is 24.8 Å². The lowest BCUT2D eigenvalue weighted by molar-refractivity contribution is -0.121. The first kappa shape index (κ1) is 17.7. The van der Waals surface area contributed by atoms with Gasteiger partial charge in [0.05, 0.1) is 16.4 Å². The predicted octanol–water partition coefficient (Wildman–Crippen LogP) is 2.64. The van der Waals surface area contributed by atoms with E-state index in [9.17, 15) is 18.0 Å². The summed E-state index contributed by atoms with van der Waals surface area (Å²) in [4.78, 5) is 24.1. The summed E-state index contributed by atoms with van der Waals surface area (Å²) in [5, 5.41) is 0. The van der Waals surface area contributed by atoms with Crippen LogP contribution in [0.15, 0.2) is 34.7 Å². The third kappa shape index (κ3) is 3.20. The van der Waals surface area contributed by atoms with Crippen molar-refractivity contribution in [3.05, 3.63) is 41.0 Å². The summed E-state index contributed by atoms with van der Waals surface area (Å²) in [6.07, 6.45) is 4.71. The van der Waals surface area contributed by atoms with Crippen molar-refractivity contribution in [1.29, 1.82) is 0 Å². The average molecular weight is 363 g/mol. The van der Waals surface area contributed by atoms with Gasteiger partial charge in [-0.1, -0.05) is 17.7 Å². The summed E-state index contributed by atoms with van der Waals surface area (Å²) >= 11 is 0. The SMILES string of the molecule is CC(C(=O)NS(=O)(=O)c1ccc2c(c1)C(=O)OC2(C)C)C1=CCCC1. The number of hydrogen-bond donors (Lipinski definition) is 1. The van der Waals surface area contributed by atoms with Gasteiger partial charge in [0.2, 0.25) is 5.91 Å². The van der Waals surface area contributed by atoms with E-state index in [1.54, 1.807) is 26.8 Å². The van der Waals surface area contributed by atoms with Crippen molar-refractivity contribution in [2.24, 2.45) is 5.92 Å². The fraction of sp³-hybridized carbons (Fsp3) is 0.444. The van der Waals surface area contributed by atoms with Crippen LogP contribution in [0.25, 0.3) is 0 Å². The van der Waals surface area contributed by atoms with Gasteiger partial charge in [0, 0.05) is 5.56 Å². The summed E-state index contributed by atoms with van der Waals surface area (Å²) in [6, 6.07) is 4.21. The second-order valence-corrected chi connectivity index (χ2v) is 8.65. The molecule has 0 saturated heterocycles. The summed E-state index contributed by atoms with van der Waals surface area (Å²) < 4.78 is 32.4. The van der Waals surface area contributed by atoms with Crippen molar-refractivity contribution >= 4 is 21.9 Å². The molecule has 1 heterocycles. The van der Waals surface area contributed by atoms with Crippen LogP contribution in [0, 0.1) is 5.92 Å². The minimum Gasteiger partial charge on any atom is -0.451 e. The molecule has 0 radical (unpaired) electrons. The highest BCUT2D eigenvalue weighted by atomic mass is 32.2. The molecule has 2 aliphatic rings. The molecule has 6 nitrogen and oxygen atoms in total. The van der Waals surface area contributed by atoms with E-state index in [2.05, 4.69) is 4.72 Å². The number of cyclic esters (lactones) is 1. The number of rotatable bonds is 4. The van der Waals surface area contributed by atoms with Gasteiger partial charge in [0.25, 0.3) is 10.0 Å². The Bertz CT molecular complexity index is 883. The summed E-state index contributed by atoms with van der Waals surface area (Å²) in [6.45, 7) is 5.18. The summed E-state index contributed by atoms with van der Waals surface area (Å²) in [5.74, 6) is -1.61. The van der Waals surface area contributed by atoms with E-state index in [-0.39, 0.29) is 10.5 Å². The Labute approximate surface area is 147 Å². The van der Waals surface area contributed by atoms with Crippen LogP contribution >= 0.6 is 0 Å². The first-order valence-corrected chi connectivity index (χ1v) is 9.73. The smallest absolute Gasteiger partial charge is 0.339 e. The number of benzene rings is 1. The van der Waals surface area contributed by atoms with Gasteiger partial charge in [-0.2, -0.15) is 0 Å². The molecule has 0 bridgehead atoms. The largest absolute Gasteiger partial charge is 0.451 e. The molecule has 1 aliphatic carbocycles. The highest BCUT2D eigenvalue weighted by molar-refractivity contribution is 7.90. The molecule has 134 valence electrons. The minimum absolute atomic E-state index is 0.123. The summed E-state index contributed by atoms with van der Waals surface area (Å²) in [7, 11) is -4.05. The van der Waals surface area contributed by atoms with Gasteiger partial charge in [0.15, 0.2) is 0 Å². The normalized spacial score (nSPS) is 19.8. The van der Waals surface area contributed by atoms with Gasteiger partial charge in [0.1, 0.15) is 5.60 Å². The van der Waals surface area contributed by atoms with Crippen LogP contribution in [0.4, 0.5) is 0 Å². The zero-order valence-corrected chi connectivity index (χ0v) is 15.3. The van der Waals surface area contributed by atoms with Crippen molar-refractivity contribution in [2.45, 2.75) is 50.5 Å². The number of fused-ring (bicyclic) bond motifs is 1. The molecule has 1 amide bonds. The van der Waals surface area contributed by atoms with Gasteiger partial charge in [-0.05, 0) is 52.2 Å². The summed E-state index contributed by atoms with van der Waals surface area (Å²) in [5.41, 5.74) is 1.02. The monoisotopic (exact) mass is 363 g/mol. The average Bonchev–Trinajstić information content (AvgIpc) is 3.13. The molecule has 1 unspecified atom stereocenters. The van der Waals surface area contributed by atoms with Crippen molar-refractivity contribution in [3.8, 4) is 0 Å². The second-order valence-electron chi connectivity index (χ2n) is 6.97. The number of carbonyl (C=O) groups is 2. The number of ether oxygens (including phenoxy) is 1. The Morgan fingerprint density at radius 2 is 2.04 bits per heavy atom. The molecule has 1 atom stereocenters. The van der Waals surface area contributed by atoms with Crippen molar-refractivity contribution in [3.63, 3.8) is 0 Å². The van der Waals surface area contributed by atoms with Gasteiger partial charge in [-0.15, -0.1) is 0 Å². The van der Waals surface area contributed by atoms with Gasteiger partial charge in [-0.3, -0.25) is 4.79 Å². The minimum atomic E-state index is -4.05.